The molecule has 0 saturated carbocycles. The van der Waals surface area contributed by atoms with E-state index >= 15 is 0 Å². The molecule has 0 saturated heterocycles. The van der Waals surface area contributed by atoms with E-state index in [0.29, 0.717) is 19.4 Å². The second kappa shape index (κ2) is 10.2. The quantitative estimate of drug-likeness (QED) is 0.552. The average molecular weight is 423 g/mol. The van der Waals surface area contributed by atoms with Gasteiger partial charge in [-0.1, -0.05) is 72.3 Å². The summed E-state index contributed by atoms with van der Waals surface area (Å²) in [7, 11) is -3.58. The largest absolute Gasteiger partial charge is 0.352 e. The number of aryl methyl sites for hydroxylation is 2. The van der Waals surface area contributed by atoms with Crippen molar-refractivity contribution >= 4 is 15.9 Å². The molecule has 0 aliphatic carbocycles. The lowest BCUT2D eigenvalue weighted by Crippen LogP contribution is -2.23. The van der Waals surface area contributed by atoms with Gasteiger partial charge in [0.15, 0.2) is 0 Å². The van der Waals surface area contributed by atoms with Crippen molar-refractivity contribution in [3.8, 4) is 0 Å². The van der Waals surface area contributed by atoms with Gasteiger partial charge < -0.3 is 5.32 Å². The van der Waals surface area contributed by atoms with Crippen LogP contribution in [0.15, 0.2) is 83.8 Å². The van der Waals surface area contributed by atoms with Gasteiger partial charge in [0.1, 0.15) is 0 Å². The Balaban J connectivity index is 1.47. The van der Waals surface area contributed by atoms with E-state index in [1.165, 1.54) is 5.56 Å². The maximum Gasteiger partial charge on any atom is 0.240 e. The molecular weight excluding hydrogens is 396 g/mol. The maximum absolute atomic E-state index is 12.4. The number of amides is 1. The van der Waals surface area contributed by atoms with Gasteiger partial charge in [0.05, 0.1) is 4.90 Å². The molecule has 0 aliphatic heterocycles. The zero-order chi connectivity index (χ0) is 21.4. The summed E-state index contributed by atoms with van der Waals surface area (Å²) in [5.41, 5.74) is 4.06. The molecule has 0 bridgehead atoms. The molecule has 156 valence electrons. The van der Waals surface area contributed by atoms with Gasteiger partial charge in [-0.15, -0.1) is 0 Å². The number of hydrogen-bond donors (Lipinski definition) is 2. The minimum atomic E-state index is -3.58. The lowest BCUT2D eigenvalue weighted by atomic mass is 10.1. The topological polar surface area (TPSA) is 75.3 Å². The highest BCUT2D eigenvalue weighted by Gasteiger charge is 2.13. The molecule has 0 fully saturated rings. The highest BCUT2D eigenvalue weighted by molar-refractivity contribution is 7.89. The van der Waals surface area contributed by atoms with Crippen molar-refractivity contribution in [3.05, 3.63) is 101 Å². The van der Waals surface area contributed by atoms with Gasteiger partial charge in [-0.25, -0.2) is 13.1 Å². The highest BCUT2D eigenvalue weighted by Crippen LogP contribution is 2.13. The molecule has 2 N–H and O–H groups in total. The normalized spacial score (nSPS) is 11.2. The van der Waals surface area contributed by atoms with Gasteiger partial charge in [-0.3, -0.25) is 4.79 Å². The Bertz CT molecular complexity index is 1060. The monoisotopic (exact) mass is 422 g/mol. The molecule has 30 heavy (non-hydrogen) atoms. The molecule has 0 aromatic heterocycles. The predicted octanol–water partition coefficient (Wildman–Crippen LogP) is 3.72. The molecule has 1 amide bonds. The third-order valence-corrected chi connectivity index (χ3v) is 6.21. The number of hydrogen-bond acceptors (Lipinski definition) is 3. The molecule has 3 aromatic rings. The van der Waals surface area contributed by atoms with Crippen molar-refractivity contribution in [2.24, 2.45) is 0 Å². The number of benzene rings is 3. The second-order valence-electron chi connectivity index (χ2n) is 7.22. The van der Waals surface area contributed by atoms with E-state index in [0.717, 1.165) is 16.7 Å². The summed E-state index contributed by atoms with van der Waals surface area (Å²) in [4.78, 5) is 12.3. The summed E-state index contributed by atoms with van der Waals surface area (Å²) in [5, 5.41) is 2.91. The molecule has 0 atom stereocenters. The zero-order valence-electron chi connectivity index (χ0n) is 17.0. The third-order valence-electron chi connectivity index (χ3n) is 4.79. The first kappa shape index (κ1) is 21.7. The zero-order valence-corrected chi connectivity index (χ0v) is 17.8. The number of nitrogens with one attached hydrogen (secondary N) is 2. The van der Waals surface area contributed by atoms with Crippen LogP contribution in [-0.2, 0) is 34.3 Å². The number of carbonyl (C=O) groups is 1. The van der Waals surface area contributed by atoms with Crippen LogP contribution in [0, 0.1) is 6.92 Å². The summed E-state index contributed by atoms with van der Waals surface area (Å²) in [6.45, 7) is 2.77. The van der Waals surface area contributed by atoms with Gasteiger partial charge in [0.25, 0.3) is 0 Å². The van der Waals surface area contributed by atoms with Gasteiger partial charge in [0, 0.05) is 19.5 Å². The highest BCUT2D eigenvalue weighted by atomic mass is 32.2. The van der Waals surface area contributed by atoms with Gasteiger partial charge in [-0.05, 0) is 42.2 Å². The van der Waals surface area contributed by atoms with E-state index in [-0.39, 0.29) is 17.3 Å². The van der Waals surface area contributed by atoms with Crippen LogP contribution < -0.4 is 10.0 Å². The Morgan fingerprint density at radius 3 is 2.03 bits per heavy atom. The van der Waals surface area contributed by atoms with Crippen LogP contribution in [0.4, 0.5) is 0 Å². The van der Waals surface area contributed by atoms with Crippen molar-refractivity contribution in [2.45, 2.75) is 37.8 Å². The van der Waals surface area contributed by atoms with Gasteiger partial charge in [-0.2, -0.15) is 0 Å². The van der Waals surface area contributed by atoms with Crippen LogP contribution in [0.3, 0.4) is 0 Å². The smallest absolute Gasteiger partial charge is 0.240 e. The summed E-state index contributed by atoms with van der Waals surface area (Å²) in [6.07, 6.45) is 0.904. The molecule has 6 heteroatoms. The second-order valence-corrected chi connectivity index (χ2v) is 8.98. The maximum atomic E-state index is 12.4. The van der Waals surface area contributed by atoms with E-state index in [9.17, 15) is 13.2 Å². The van der Waals surface area contributed by atoms with Crippen LogP contribution in [0.5, 0.6) is 0 Å². The fraction of sp³-hybridized carbons (Fsp3) is 0.208. The van der Waals surface area contributed by atoms with Gasteiger partial charge >= 0.3 is 0 Å². The van der Waals surface area contributed by atoms with E-state index in [1.807, 2.05) is 61.5 Å². The van der Waals surface area contributed by atoms with Crippen molar-refractivity contribution in [3.63, 3.8) is 0 Å². The first-order chi connectivity index (χ1) is 14.4. The predicted molar refractivity (Wildman–Crippen MR) is 118 cm³/mol. The summed E-state index contributed by atoms with van der Waals surface area (Å²) in [5.74, 6) is -0.0307. The number of rotatable bonds is 9. The standard InChI is InChI=1S/C24H26N2O3S/c1-19-7-9-22(10-8-19)17-25-24(27)16-13-20-11-14-23(15-12-20)30(28,29)26-18-21-5-3-2-4-6-21/h2-12,14-15,26H,13,16-18H2,1H3,(H,25,27). The molecule has 3 aromatic carbocycles. The minimum absolute atomic E-state index is 0.0307. The number of carbonyl (C=O) groups excluding carboxylic acids is 1. The Labute approximate surface area is 178 Å². The Morgan fingerprint density at radius 1 is 0.767 bits per heavy atom. The molecule has 0 radical (unpaired) electrons. The van der Waals surface area contributed by atoms with E-state index in [4.69, 9.17) is 0 Å². The summed E-state index contributed by atoms with van der Waals surface area (Å²) in [6, 6.07) is 24.1. The lowest BCUT2D eigenvalue weighted by molar-refractivity contribution is -0.121. The average Bonchev–Trinajstić information content (AvgIpc) is 2.77. The Hall–Kier alpha value is -2.96. The lowest BCUT2D eigenvalue weighted by Gasteiger charge is -2.08. The van der Waals surface area contributed by atoms with Crippen molar-refractivity contribution in [1.29, 1.82) is 0 Å². The summed E-state index contributed by atoms with van der Waals surface area (Å²) >= 11 is 0. The number of sulfonamides is 1. The SMILES string of the molecule is Cc1ccc(CNC(=O)CCc2ccc(S(=O)(=O)NCc3ccccc3)cc2)cc1. The molecule has 0 heterocycles. The van der Waals surface area contributed by atoms with Crippen LogP contribution in [0.1, 0.15) is 28.7 Å². The fourth-order valence-corrected chi connectivity index (χ4v) is 3.96. The van der Waals surface area contributed by atoms with Crippen LogP contribution >= 0.6 is 0 Å². The van der Waals surface area contributed by atoms with E-state index in [2.05, 4.69) is 10.0 Å². The van der Waals surface area contributed by atoms with Crippen molar-refractivity contribution < 1.29 is 13.2 Å². The van der Waals surface area contributed by atoms with Crippen LogP contribution in [0.25, 0.3) is 0 Å². The molecule has 0 unspecified atom stereocenters. The molecule has 5 nitrogen and oxygen atoms in total. The van der Waals surface area contributed by atoms with E-state index in [1.54, 1.807) is 24.3 Å². The minimum Gasteiger partial charge on any atom is -0.352 e. The van der Waals surface area contributed by atoms with E-state index < -0.39 is 10.0 Å². The third kappa shape index (κ3) is 6.54. The first-order valence-corrected chi connectivity index (χ1v) is 11.4. The molecule has 0 spiro atoms. The molecule has 3 rings (SSSR count). The first-order valence-electron chi connectivity index (χ1n) is 9.87. The fourth-order valence-electron chi connectivity index (χ4n) is 2.95. The van der Waals surface area contributed by atoms with Crippen LogP contribution in [0.2, 0.25) is 0 Å². The van der Waals surface area contributed by atoms with Crippen molar-refractivity contribution in [2.75, 3.05) is 0 Å². The molecular formula is C24H26N2O3S. The summed E-state index contributed by atoms with van der Waals surface area (Å²) < 4.78 is 27.5. The van der Waals surface area contributed by atoms with Gasteiger partial charge in [0.2, 0.25) is 15.9 Å². The van der Waals surface area contributed by atoms with Crippen molar-refractivity contribution in [1.82, 2.24) is 10.0 Å². The Morgan fingerprint density at radius 2 is 1.37 bits per heavy atom. The van der Waals surface area contributed by atoms with Crippen LogP contribution in [-0.4, -0.2) is 14.3 Å². The molecule has 0 aliphatic rings. The Kier molecular flexibility index (Phi) is 7.38.